The minimum Gasteiger partial charge on any atom is -0.369 e. The van der Waals surface area contributed by atoms with Gasteiger partial charge in [-0.25, -0.2) is 4.79 Å². The zero-order valence-corrected chi connectivity index (χ0v) is 16.4. The van der Waals surface area contributed by atoms with Crippen LogP contribution in [-0.4, -0.2) is 55.6 Å². The van der Waals surface area contributed by atoms with Crippen molar-refractivity contribution in [2.45, 2.75) is 0 Å². The Kier molecular flexibility index (Phi) is 5.62. The van der Waals surface area contributed by atoms with Gasteiger partial charge >= 0.3 is 6.03 Å². The molecule has 0 unspecified atom stereocenters. The molecule has 0 radical (unpaired) electrons. The summed E-state index contributed by atoms with van der Waals surface area (Å²) in [5.41, 5.74) is 5.54. The summed E-state index contributed by atoms with van der Waals surface area (Å²) in [5.74, 6) is 0. The minimum absolute atomic E-state index is 0.316. The summed E-state index contributed by atoms with van der Waals surface area (Å²) in [4.78, 5) is 17.7. The summed E-state index contributed by atoms with van der Waals surface area (Å²) < 4.78 is 0. The molecule has 150 valence electrons. The largest absolute Gasteiger partial charge is 0.369 e. The minimum atomic E-state index is -0.316. The fourth-order valence-electron chi connectivity index (χ4n) is 3.28. The molecule has 0 spiro atoms. The van der Waals surface area contributed by atoms with Crippen molar-refractivity contribution in [1.82, 2.24) is 15.6 Å². The predicted molar refractivity (Wildman–Crippen MR) is 117 cm³/mol. The molecular formula is C21H25N7O. The van der Waals surface area contributed by atoms with Crippen LogP contribution >= 0.6 is 0 Å². The number of amides is 2. The van der Waals surface area contributed by atoms with E-state index in [-0.39, 0.29) is 6.03 Å². The Morgan fingerprint density at radius 1 is 1.03 bits per heavy atom. The highest BCUT2D eigenvalue weighted by atomic mass is 16.2. The number of piperazine rings is 1. The van der Waals surface area contributed by atoms with E-state index in [0.717, 1.165) is 31.9 Å². The zero-order valence-electron chi connectivity index (χ0n) is 16.4. The Balaban J connectivity index is 1.47. The van der Waals surface area contributed by atoms with Gasteiger partial charge in [0, 0.05) is 43.8 Å². The highest BCUT2D eigenvalue weighted by molar-refractivity contribution is 6.01. The van der Waals surface area contributed by atoms with Crippen molar-refractivity contribution in [1.29, 1.82) is 0 Å². The van der Waals surface area contributed by atoms with Crippen molar-refractivity contribution in [3.05, 3.63) is 66.9 Å². The van der Waals surface area contributed by atoms with Crippen molar-refractivity contribution in [3.63, 3.8) is 0 Å². The van der Waals surface area contributed by atoms with E-state index >= 15 is 0 Å². The van der Waals surface area contributed by atoms with E-state index < -0.39 is 0 Å². The highest BCUT2D eigenvalue weighted by Crippen LogP contribution is 2.21. The number of anilines is 3. The van der Waals surface area contributed by atoms with Crippen LogP contribution in [-0.2, 0) is 0 Å². The maximum atomic E-state index is 13.1. The van der Waals surface area contributed by atoms with E-state index in [9.17, 15) is 4.79 Å². The molecule has 2 aliphatic rings. The molecule has 1 fully saturated rings. The number of hydrogen-bond acceptors (Lipinski definition) is 6. The molecule has 4 rings (SSSR count). The average Bonchev–Trinajstić information content (AvgIpc) is 2.77. The number of urea groups is 1. The third-order valence-electron chi connectivity index (χ3n) is 4.92. The lowest BCUT2D eigenvalue weighted by atomic mass is 10.2. The molecule has 8 heteroatoms. The molecular weight excluding hydrogens is 366 g/mol. The van der Waals surface area contributed by atoms with Crippen LogP contribution in [0, 0.1) is 0 Å². The van der Waals surface area contributed by atoms with Crippen molar-refractivity contribution in [3.8, 4) is 0 Å². The average molecular weight is 391 g/mol. The Hall–Kier alpha value is -3.52. The summed E-state index contributed by atoms with van der Waals surface area (Å²) in [6, 6.07) is 17.0. The predicted octanol–water partition coefficient (Wildman–Crippen LogP) is 2.71. The summed E-state index contributed by atoms with van der Waals surface area (Å²) in [6.07, 6.45) is 5.08. The summed E-state index contributed by atoms with van der Waals surface area (Å²) in [7, 11) is 2.14. The second-order valence-corrected chi connectivity index (χ2v) is 6.96. The van der Waals surface area contributed by atoms with E-state index in [4.69, 9.17) is 0 Å². The SMILES string of the molecule is CN1CCN(c2ccc(NC(=O)N(c3ccccc3)N3N=CC=CN3)cc2)CC1. The summed E-state index contributed by atoms with van der Waals surface area (Å²) in [6.45, 7) is 4.14. The van der Waals surface area contributed by atoms with Gasteiger partial charge in [0.15, 0.2) is 0 Å². The fourth-order valence-corrected chi connectivity index (χ4v) is 3.28. The Morgan fingerprint density at radius 2 is 1.76 bits per heavy atom. The topological polar surface area (TPSA) is 66.5 Å². The van der Waals surface area contributed by atoms with Gasteiger partial charge in [0.1, 0.15) is 0 Å². The monoisotopic (exact) mass is 391 g/mol. The third-order valence-corrected chi connectivity index (χ3v) is 4.92. The number of hydrogen-bond donors (Lipinski definition) is 2. The number of para-hydroxylation sites is 1. The van der Waals surface area contributed by atoms with Crippen LogP contribution in [0.15, 0.2) is 72.0 Å². The maximum Gasteiger partial charge on any atom is 0.348 e. The van der Waals surface area contributed by atoms with Crippen LogP contribution in [0.25, 0.3) is 0 Å². The smallest absolute Gasteiger partial charge is 0.348 e. The first-order valence-electron chi connectivity index (χ1n) is 9.66. The fraction of sp³-hybridized carbons (Fsp3) is 0.238. The molecule has 0 aliphatic carbocycles. The van der Waals surface area contributed by atoms with Crippen molar-refractivity contribution < 1.29 is 4.79 Å². The quantitative estimate of drug-likeness (QED) is 0.839. The second kappa shape index (κ2) is 8.66. The molecule has 0 atom stereocenters. The number of nitrogens with zero attached hydrogens (tertiary/aromatic N) is 5. The standard InChI is InChI=1S/C21H25N7O/c1-25-14-16-26(17-15-25)19-10-8-18(9-11-19)24-21(29)27(20-6-3-2-4-7-20)28-22-12-5-13-23-28/h2-13,22H,14-17H2,1H3,(H,24,29). The number of carbonyl (C=O) groups excluding carboxylic acids is 1. The van der Waals surface area contributed by atoms with Gasteiger partial charge < -0.3 is 15.1 Å². The van der Waals surface area contributed by atoms with E-state index in [1.54, 1.807) is 18.5 Å². The Morgan fingerprint density at radius 3 is 2.41 bits per heavy atom. The number of likely N-dealkylation sites (N-methyl/N-ethyl adjacent to an activating group) is 1. The van der Waals surface area contributed by atoms with Crippen LogP contribution in [0.4, 0.5) is 21.9 Å². The molecule has 1 saturated heterocycles. The number of benzene rings is 2. The van der Waals surface area contributed by atoms with Crippen LogP contribution in [0.3, 0.4) is 0 Å². The molecule has 8 nitrogen and oxygen atoms in total. The Bertz CT molecular complexity index is 874. The molecule has 2 amide bonds. The lowest BCUT2D eigenvalue weighted by Gasteiger charge is -2.34. The third kappa shape index (κ3) is 4.49. The number of rotatable bonds is 4. The van der Waals surface area contributed by atoms with Gasteiger partial charge in [-0.15, -0.1) is 5.10 Å². The van der Waals surface area contributed by atoms with Crippen molar-refractivity contribution in [2.75, 3.05) is 48.5 Å². The first-order valence-corrected chi connectivity index (χ1v) is 9.66. The first kappa shape index (κ1) is 18.8. The van der Waals surface area contributed by atoms with Gasteiger partial charge in [0.05, 0.1) is 11.9 Å². The molecule has 0 bridgehead atoms. The van der Waals surface area contributed by atoms with Crippen LogP contribution in [0.5, 0.6) is 0 Å². The molecule has 2 aliphatic heterocycles. The molecule has 29 heavy (non-hydrogen) atoms. The summed E-state index contributed by atoms with van der Waals surface area (Å²) in [5, 5.41) is 10.0. The summed E-state index contributed by atoms with van der Waals surface area (Å²) >= 11 is 0. The van der Waals surface area contributed by atoms with Crippen LogP contribution in [0.2, 0.25) is 0 Å². The molecule has 2 N–H and O–H groups in total. The highest BCUT2D eigenvalue weighted by Gasteiger charge is 2.23. The van der Waals surface area contributed by atoms with E-state index in [2.05, 4.69) is 32.7 Å². The van der Waals surface area contributed by atoms with Crippen molar-refractivity contribution >= 4 is 29.3 Å². The molecule has 2 heterocycles. The lowest BCUT2D eigenvalue weighted by Crippen LogP contribution is -2.51. The second-order valence-electron chi connectivity index (χ2n) is 6.96. The molecule has 0 aromatic heterocycles. The Labute approximate surface area is 170 Å². The van der Waals surface area contributed by atoms with E-state index in [1.807, 2.05) is 54.6 Å². The first-order chi connectivity index (χ1) is 14.2. The molecule has 0 saturated carbocycles. The zero-order chi connectivity index (χ0) is 20.1. The van der Waals surface area contributed by atoms with Crippen LogP contribution < -0.4 is 20.7 Å². The normalized spacial score (nSPS) is 16.4. The van der Waals surface area contributed by atoms with Gasteiger partial charge in [0.2, 0.25) is 0 Å². The van der Waals surface area contributed by atoms with E-state index in [1.165, 1.54) is 15.9 Å². The van der Waals surface area contributed by atoms with Gasteiger partial charge in [-0.05, 0) is 49.5 Å². The molecule has 2 aromatic rings. The van der Waals surface area contributed by atoms with E-state index in [0.29, 0.717) is 5.69 Å². The van der Waals surface area contributed by atoms with Crippen molar-refractivity contribution in [2.24, 2.45) is 5.10 Å². The maximum absolute atomic E-state index is 13.1. The number of nitrogens with one attached hydrogen (secondary N) is 2. The van der Waals surface area contributed by atoms with Gasteiger partial charge in [-0.2, -0.15) is 5.01 Å². The number of allylic oxidation sites excluding steroid dienone is 1. The van der Waals surface area contributed by atoms with Gasteiger partial charge in [0.25, 0.3) is 0 Å². The lowest BCUT2D eigenvalue weighted by molar-refractivity contribution is 0.197. The van der Waals surface area contributed by atoms with Crippen LogP contribution in [0.1, 0.15) is 0 Å². The van der Waals surface area contributed by atoms with Gasteiger partial charge in [-0.1, -0.05) is 23.4 Å². The van der Waals surface area contributed by atoms with Gasteiger partial charge in [-0.3, -0.25) is 5.43 Å². The number of hydrazine groups is 2. The number of hydrazone groups is 1. The number of carbonyl (C=O) groups is 1. The molecule has 2 aromatic carbocycles.